The highest BCUT2D eigenvalue weighted by Crippen LogP contribution is 2.23. The van der Waals surface area contributed by atoms with Crippen molar-refractivity contribution in [2.75, 3.05) is 18.4 Å². The van der Waals surface area contributed by atoms with Crippen molar-refractivity contribution < 1.29 is 4.79 Å². The molecule has 4 heterocycles. The van der Waals surface area contributed by atoms with Crippen molar-refractivity contribution in [1.29, 1.82) is 0 Å². The monoisotopic (exact) mass is 372 g/mol. The first-order valence-corrected chi connectivity index (χ1v) is 9.42. The molecule has 1 aliphatic heterocycles. The second-order valence-electron chi connectivity index (χ2n) is 6.28. The van der Waals surface area contributed by atoms with Crippen molar-refractivity contribution in [3.05, 3.63) is 40.1 Å². The Balaban J connectivity index is 1.43. The zero-order valence-electron chi connectivity index (χ0n) is 14.4. The fraction of sp³-hybridized carbons (Fsp3) is 0.438. The fourth-order valence-electron chi connectivity index (χ4n) is 2.97. The molecule has 3 aromatic heterocycles. The van der Waals surface area contributed by atoms with E-state index in [1.165, 1.54) is 0 Å². The van der Waals surface area contributed by atoms with Gasteiger partial charge < -0.3 is 5.32 Å². The van der Waals surface area contributed by atoms with Crippen LogP contribution in [0.25, 0.3) is 0 Å². The van der Waals surface area contributed by atoms with Gasteiger partial charge in [-0.3, -0.25) is 10.1 Å². The molecule has 0 aromatic carbocycles. The summed E-state index contributed by atoms with van der Waals surface area (Å²) in [6.45, 7) is 2.54. The van der Waals surface area contributed by atoms with Gasteiger partial charge in [0.2, 0.25) is 5.95 Å². The van der Waals surface area contributed by atoms with E-state index >= 15 is 0 Å². The van der Waals surface area contributed by atoms with E-state index in [0.29, 0.717) is 18.4 Å². The molecular weight excluding hydrogens is 352 g/mol. The zero-order valence-corrected chi connectivity index (χ0v) is 15.2. The summed E-state index contributed by atoms with van der Waals surface area (Å²) < 4.78 is 3.25. The van der Waals surface area contributed by atoms with E-state index in [1.807, 2.05) is 17.5 Å². The summed E-state index contributed by atoms with van der Waals surface area (Å²) in [6.07, 6.45) is 3.65. The summed E-state index contributed by atoms with van der Waals surface area (Å²) in [4.78, 5) is 18.1. The average Bonchev–Trinajstić information content (AvgIpc) is 3.39. The van der Waals surface area contributed by atoms with Crippen LogP contribution >= 0.6 is 11.3 Å². The quantitative estimate of drug-likeness (QED) is 0.698. The van der Waals surface area contributed by atoms with Crippen LogP contribution in [0.4, 0.5) is 5.95 Å². The number of carbonyl (C=O) groups is 1. The maximum absolute atomic E-state index is 12.5. The molecule has 0 radical (unpaired) electrons. The van der Waals surface area contributed by atoms with Crippen LogP contribution in [0.5, 0.6) is 0 Å². The molecule has 0 saturated carbocycles. The Bertz CT molecular complexity index is 878. The van der Waals surface area contributed by atoms with Gasteiger partial charge in [-0.1, -0.05) is 11.3 Å². The lowest BCUT2D eigenvalue weighted by Crippen LogP contribution is -2.27. The number of anilines is 1. The van der Waals surface area contributed by atoms with E-state index in [0.717, 1.165) is 36.6 Å². The molecule has 0 spiro atoms. The molecule has 0 atom stereocenters. The predicted octanol–water partition coefficient (Wildman–Crippen LogP) is 1.24. The highest BCUT2D eigenvalue weighted by molar-refractivity contribution is 7.09. The molecule has 136 valence electrons. The minimum absolute atomic E-state index is 0.257. The lowest BCUT2D eigenvalue weighted by Gasteiger charge is -2.19. The second-order valence-corrected chi connectivity index (χ2v) is 7.31. The summed E-state index contributed by atoms with van der Waals surface area (Å²) in [6, 6.07) is 4.01. The fourth-order valence-corrected chi connectivity index (χ4v) is 3.67. The van der Waals surface area contributed by atoms with Crippen molar-refractivity contribution in [3.63, 3.8) is 0 Å². The molecule has 1 fully saturated rings. The zero-order chi connectivity index (χ0) is 17.9. The maximum Gasteiger partial charge on any atom is 0.280 e. The van der Waals surface area contributed by atoms with Crippen LogP contribution in [0.1, 0.15) is 39.9 Å². The number of hydrogen-bond acceptors (Lipinski definition) is 7. The summed E-state index contributed by atoms with van der Waals surface area (Å²) in [5.41, 5.74) is 0.257. The highest BCUT2D eigenvalue weighted by atomic mass is 32.1. The normalized spacial score (nSPS) is 15.3. The van der Waals surface area contributed by atoms with Crippen molar-refractivity contribution >= 4 is 23.2 Å². The van der Waals surface area contributed by atoms with Crippen LogP contribution in [0.2, 0.25) is 0 Å². The summed E-state index contributed by atoms with van der Waals surface area (Å²) >= 11 is 1.64. The van der Waals surface area contributed by atoms with Crippen LogP contribution in [0.15, 0.2) is 23.7 Å². The highest BCUT2D eigenvalue weighted by Gasteiger charge is 2.22. The molecular formula is C16H20N8OS. The van der Waals surface area contributed by atoms with Gasteiger partial charge in [0, 0.05) is 17.8 Å². The summed E-state index contributed by atoms with van der Waals surface area (Å²) in [5, 5.41) is 20.6. The molecule has 0 unspecified atom stereocenters. The molecule has 1 amide bonds. The van der Waals surface area contributed by atoms with Gasteiger partial charge in [0.25, 0.3) is 5.91 Å². The maximum atomic E-state index is 12.5. The third-order valence-corrected chi connectivity index (χ3v) is 5.24. The molecule has 1 saturated heterocycles. The number of thiophene rings is 1. The first-order chi connectivity index (χ1) is 12.7. The van der Waals surface area contributed by atoms with Gasteiger partial charge in [0.1, 0.15) is 0 Å². The first kappa shape index (κ1) is 16.9. The molecule has 9 nitrogen and oxygen atoms in total. The Morgan fingerprint density at radius 1 is 1.42 bits per heavy atom. The van der Waals surface area contributed by atoms with E-state index < -0.39 is 0 Å². The number of carbonyl (C=O) groups excluding carboxylic acids is 1. The molecule has 26 heavy (non-hydrogen) atoms. The number of amides is 1. The number of aryl methyl sites for hydroxylation is 1. The largest absolute Gasteiger partial charge is 0.317 e. The van der Waals surface area contributed by atoms with E-state index in [2.05, 4.69) is 31.0 Å². The van der Waals surface area contributed by atoms with Gasteiger partial charge in [-0.2, -0.15) is 10.1 Å². The molecule has 0 bridgehead atoms. The third-order valence-electron chi connectivity index (χ3n) is 4.38. The number of nitrogens with zero attached hydrogens (tertiary/aromatic N) is 6. The Morgan fingerprint density at radius 2 is 2.27 bits per heavy atom. The van der Waals surface area contributed by atoms with Crippen LogP contribution in [-0.4, -0.2) is 48.8 Å². The van der Waals surface area contributed by atoms with Crippen molar-refractivity contribution in [3.8, 4) is 0 Å². The summed E-state index contributed by atoms with van der Waals surface area (Å²) in [5.74, 6) is 1.21. The number of hydrogen-bond donors (Lipinski definition) is 2. The molecule has 1 aliphatic rings. The van der Waals surface area contributed by atoms with E-state index in [9.17, 15) is 4.79 Å². The third kappa shape index (κ3) is 3.65. The van der Waals surface area contributed by atoms with Gasteiger partial charge in [0.15, 0.2) is 11.5 Å². The summed E-state index contributed by atoms with van der Waals surface area (Å²) in [7, 11) is 1.78. The molecule has 0 aliphatic carbocycles. The average molecular weight is 372 g/mol. The molecule has 10 heteroatoms. The minimum atomic E-state index is -0.338. The van der Waals surface area contributed by atoms with E-state index in [1.54, 1.807) is 33.9 Å². The second kappa shape index (κ2) is 7.34. The van der Waals surface area contributed by atoms with E-state index in [-0.39, 0.29) is 11.6 Å². The van der Waals surface area contributed by atoms with Gasteiger partial charge in [-0.05, 0) is 37.4 Å². The Labute approximate surface area is 154 Å². The van der Waals surface area contributed by atoms with Gasteiger partial charge in [-0.15, -0.1) is 16.4 Å². The number of aromatic nitrogens is 6. The van der Waals surface area contributed by atoms with Crippen LogP contribution in [-0.2, 0) is 13.6 Å². The van der Waals surface area contributed by atoms with Gasteiger partial charge in [-0.25, -0.2) is 9.36 Å². The van der Waals surface area contributed by atoms with Crippen LogP contribution < -0.4 is 10.6 Å². The standard InChI is InChI=1S/C16H20N8OS/c1-23-16(18-14(21-23)11-4-6-17-7-5-11)19-15(25)13-10-24(22-20-13)9-12-3-2-8-26-12/h2-3,8,10-11,17H,4-7,9H2,1H3,(H,18,19,21,25). The predicted molar refractivity (Wildman–Crippen MR) is 97.2 cm³/mol. The SMILES string of the molecule is Cn1nc(C2CCNCC2)nc1NC(=O)c1cn(Cc2cccs2)nn1. The van der Waals surface area contributed by atoms with Crippen molar-refractivity contribution in [1.82, 2.24) is 35.1 Å². The lowest BCUT2D eigenvalue weighted by molar-refractivity contribution is 0.102. The Hall–Kier alpha value is -2.59. The topological polar surface area (TPSA) is 103 Å². The number of rotatable bonds is 5. The van der Waals surface area contributed by atoms with Crippen molar-refractivity contribution in [2.24, 2.45) is 7.05 Å². The van der Waals surface area contributed by atoms with Crippen LogP contribution in [0.3, 0.4) is 0 Å². The molecule has 4 rings (SSSR count). The lowest BCUT2D eigenvalue weighted by atomic mass is 9.98. The molecule has 3 aromatic rings. The molecule has 2 N–H and O–H groups in total. The van der Waals surface area contributed by atoms with Gasteiger partial charge in [0.05, 0.1) is 12.7 Å². The Morgan fingerprint density at radius 3 is 3.04 bits per heavy atom. The van der Waals surface area contributed by atoms with E-state index in [4.69, 9.17) is 0 Å². The first-order valence-electron chi connectivity index (χ1n) is 8.54. The van der Waals surface area contributed by atoms with Crippen LogP contribution in [0, 0.1) is 0 Å². The number of nitrogens with one attached hydrogen (secondary N) is 2. The van der Waals surface area contributed by atoms with Gasteiger partial charge >= 0.3 is 0 Å². The number of piperidine rings is 1. The smallest absolute Gasteiger partial charge is 0.280 e. The Kier molecular flexibility index (Phi) is 4.76. The van der Waals surface area contributed by atoms with Crippen molar-refractivity contribution in [2.45, 2.75) is 25.3 Å². The minimum Gasteiger partial charge on any atom is -0.317 e.